The van der Waals surface area contributed by atoms with Crippen LogP contribution in [-0.4, -0.2) is 27.6 Å². The maximum absolute atomic E-state index is 12.2. The lowest BCUT2D eigenvalue weighted by atomic mass is 10.2. The number of aromatic nitrogens is 2. The van der Waals surface area contributed by atoms with Crippen molar-refractivity contribution in [2.75, 3.05) is 7.05 Å². The molecular formula is C14H11Cl4N3O2. The smallest absolute Gasteiger partial charge is 0.287 e. The van der Waals surface area contributed by atoms with Crippen molar-refractivity contribution in [3.05, 3.63) is 60.4 Å². The van der Waals surface area contributed by atoms with Crippen molar-refractivity contribution in [3.63, 3.8) is 0 Å². The quantitative estimate of drug-likeness (QED) is 0.797. The van der Waals surface area contributed by atoms with E-state index < -0.39 is 5.56 Å². The summed E-state index contributed by atoms with van der Waals surface area (Å²) < 4.78 is 0.960. The van der Waals surface area contributed by atoms with E-state index in [-0.39, 0.29) is 22.5 Å². The Hall–Kier alpha value is -1.27. The topological polar surface area (TPSA) is 55.2 Å². The molecule has 0 saturated carbocycles. The molecule has 0 atom stereocenters. The molecule has 0 unspecified atom stereocenters. The Morgan fingerprint density at radius 1 is 1.17 bits per heavy atom. The number of benzene rings is 1. The van der Waals surface area contributed by atoms with E-state index in [1.54, 1.807) is 25.2 Å². The number of rotatable bonds is 4. The summed E-state index contributed by atoms with van der Waals surface area (Å²) in [6.07, 6.45) is 1.22. The van der Waals surface area contributed by atoms with E-state index in [0.717, 1.165) is 10.2 Å². The van der Waals surface area contributed by atoms with Crippen molar-refractivity contribution in [3.8, 4) is 0 Å². The Bertz CT molecular complexity index is 807. The van der Waals surface area contributed by atoms with Crippen LogP contribution in [-0.2, 0) is 17.9 Å². The van der Waals surface area contributed by atoms with E-state index in [1.165, 1.54) is 11.1 Å². The normalized spacial score (nSPS) is 10.7. The zero-order chi connectivity index (χ0) is 17.1. The minimum Gasteiger partial charge on any atom is -0.340 e. The van der Waals surface area contributed by atoms with Crippen molar-refractivity contribution < 1.29 is 4.79 Å². The Morgan fingerprint density at radius 2 is 1.87 bits per heavy atom. The Kier molecular flexibility index (Phi) is 5.92. The molecule has 1 aromatic carbocycles. The number of carbonyl (C=O) groups is 1. The van der Waals surface area contributed by atoms with Crippen LogP contribution in [0.15, 0.2) is 29.2 Å². The number of amides is 1. The first kappa shape index (κ1) is 18.1. The van der Waals surface area contributed by atoms with E-state index in [9.17, 15) is 9.59 Å². The first-order valence-corrected chi connectivity index (χ1v) is 7.89. The van der Waals surface area contributed by atoms with Gasteiger partial charge in [-0.05, 0) is 17.7 Å². The second kappa shape index (κ2) is 7.53. The maximum atomic E-state index is 12.2. The summed E-state index contributed by atoms with van der Waals surface area (Å²) >= 11 is 23.2. The summed E-state index contributed by atoms with van der Waals surface area (Å²) in [7, 11) is 1.60. The summed E-state index contributed by atoms with van der Waals surface area (Å²) in [6.45, 7) is 0.0688. The fourth-order valence-corrected chi connectivity index (χ4v) is 2.40. The lowest BCUT2D eigenvalue weighted by molar-refractivity contribution is -0.131. The highest BCUT2D eigenvalue weighted by Crippen LogP contribution is 2.23. The van der Waals surface area contributed by atoms with Crippen molar-refractivity contribution in [2.45, 2.75) is 13.1 Å². The highest BCUT2D eigenvalue weighted by atomic mass is 35.5. The summed E-state index contributed by atoms with van der Waals surface area (Å²) in [5, 5.41) is 4.53. The zero-order valence-corrected chi connectivity index (χ0v) is 14.9. The molecule has 0 fully saturated rings. The minimum atomic E-state index is -0.615. The molecule has 1 heterocycles. The van der Waals surface area contributed by atoms with Crippen LogP contribution in [0.3, 0.4) is 0 Å². The monoisotopic (exact) mass is 393 g/mol. The minimum absolute atomic E-state index is 0.0459. The number of hydrogen-bond acceptors (Lipinski definition) is 3. The standard InChI is InChI=1S/C14H11Cl4N3O2/c1-20(6-8-2-3-9(15)10(16)4-8)12(22)7-21-14(23)13(18)11(17)5-19-21/h2-5H,6-7H2,1H3. The number of carbonyl (C=O) groups excluding carboxylic acids is 1. The summed E-state index contributed by atoms with van der Waals surface area (Å²) in [5.74, 6) is -0.316. The molecule has 0 saturated heterocycles. The molecule has 0 bridgehead atoms. The van der Waals surface area contributed by atoms with Gasteiger partial charge in [0, 0.05) is 13.6 Å². The molecule has 0 radical (unpaired) electrons. The SMILES string of the molecule is CN(Cc1ccc(Cl)c(Cl)c1)C(=O)Cn1ncc(Cl)c(Cl)c1=O. The first-order valence-electron chi connectivity index (χ1n) is 6.38. The van der Waals surface area contributed by atoms with E-state index in [4.69, 9.17) is 46.4 Å². The predicted molar refractivity (Wildman–Crippen MR) is 91.5 cm³/mol. The van der Waals surface area contributed by atoms with Crippen LogP contribution in [0.25, 0.3) is 0 Å². The van der Waals surface area contributed by atoms with Gasteiger partial charge in [0.1, 0.15) is 11.6 Å². The van der Waals surface area contributed by atoms with Crippen LogP contribution in [0.1, 0.15) is 5.56 Å². The highest BCUT2D eigenvalue weighted by molar-refractivity contribution is 6.42. The van der Waals surface area contributed by atoms with Crippen molar-refractivity contribution in [2.24, 2.45) is 0 Å². The molecule has 2 rings (SSSR count). The van der Waals surface area contributed by atoms with Gasteiger partial charge in [-0.2, -0.15) is 5.10 Å². The molecule has 122 valence electrons. The van der Waals surface area contributed by atoms with Gasteiger partial charge in [-0.1, -0.05) is 52.5 Å². The van der Waals surface area contributed by atoms with Crippen molar-refractivity contribution >= 4 is 52.3 Å². The van der Waals surface area contributed by atoms with Gasteiger partial charge in [0.25, 0.3) is 5.56 Å². The van der Waals surface area contributed by atoms with Crippen LogP contribution in [0, 0.1) is 0 Å². The predicted octanol–water partition coefficient (Wildman–Crippen LogP) is 3.52. The van der Waals surface area contributed by atoms with Gasteiger partial charge in [-0.25, -0.2) is 4.68 Å². The van der Waals surface area contributed by atoms with Gasteiger partial charge >= 0.3 is 0 Å². The second-order valence-electron chi connectivity index (χ2n) is 4.77. The molecule has 1 aromatic heterocycles. The average Bonchev–Trinajstić information content (AvgIpc) is 2.51. The van der Waals surface area contributed by atoms with Crippen LogP contribution < -0.4 is 5.56 Å². The molecule has 9 heteroatoms. The number of nitrogens with zero attached hydrogens (tertiary/aromatic N) is 3. The number of likely N-dealkylation sites (N-methyl/N-ethyl adjacent to an activating group) is 1. The molecule has 0 aliphatic carbocycles. The van der Waals surface area contributed by atoms with Gasteiger partial charge in [0.2, 0.25) is 5.91 Å². The van der Waals surface area contributed by atoms with E-state index in [2.05, 4.69) is 5.10 Å². The Morgan fingerprint density at radius 3 is 2.52 bits per heavy atom. The van der Waals surface area contributed by atoms with Crippen LogP contribution in [0.4, 0.5) is 0 Å². The lowest BCUT2D eigenvalue weighted by Gasteiger charge is -2.18. The van der Waals surface area contributed by atoms with Gasteiger partial charge in [-0.3, -0.25) is 9.59 Å². The van der Waals surface area contributed by atoms with Gasteiger partial charge < -0.3 is 4.90 Å². The number of hydrogen-bond donors (Lipinski definition) is 0. The molecular weight excluding hydrogens is 384 g/mol. The van der Waals surface area contributed by atoms with Crippen LogP contribution in [0.2, 0.25) is 20.1 Å². The summed E-state index contributed by atoms with van der Waals surface area (Å²) in [5.41, 5.74) is 0.195. The fraction of sp³-hybridized carbons (Fsp3) is 0.214. The molecule has 0 aliphatic rings. The first-order chi connectivity index (χ1) is 10.8. The van der Waals surface area contributed by atoms with Crippen LogP contribution in [0.5, 0.6) is 0 Å². The van der Waals surface area contributed by atoms with Crippen LogP contribution >= 0.6 is 46.4 Å². The summed E-state index contributed by atoms with van der Waals surface area (Å²) in [6, 6.07) is 5.10. The third kappa shape index (κ3) is 4.38. The van der Waals surface area contributed by atoms with E-state index in [1.807, 2.05) is 0 Å². The molecule has 0 spiro atoms. The lowest BCUT2D eigenvalue weighted by Crippen LogP contribution is -2.34. The summed E-state index contributed by atoms with van der Waals surface area (Å²) in [4.78, 5) is 25.5. The molecule has 23 heavy (non-hydrogen) atoms. The van der Waals surface area contributed by atoms with E-state index in [0.29, 0.717) is 16.6 Å². The van der Waals surface area contributed by atoms with Gasteiger partial charge in [0.05, 0.1) is 21.3 Å². The number of halogens is 4. The molecule has 2 aromatic rings. The van der Waals surface area contributed by atoms with Crippen molar-refractivity contribution in [1.29, 1.82) is 0 Å². The second-order valence-corrected chi connectivity index (χ2v) is 6.37. The molecule has 1 amide bonds. The zero-order valence-electron chi connectivity index (χ0n) is 11.9. The van der Waals surface area contributed by atoms with Crippen molar-refractivity contribution in [1.82, 2.24) is 14.7 Å². The van der Waals surface area contributed by atoms with Gasteiger partial charge in [0.15, 0.2) is 0 Å². The maximum Gasteiger partial charge on any atom is 0.287 e. The van der Waals surface area contributed by atoms with E-state index >= 15 is 0 Å². The molecule has 5 nitrogen and oxygen atoms in total. The fourth-order valence-electron chi connectivity index (χ4n) is 1.81. The third-order valence-electron chi connectivity index (χ3n) is 3.06. The highest BCUT2D eigenvalue weighted by Gasteiger charge is 2.14. The Balaban J connectivity index is 2.10. The average molecular weight is 395 g/mol. The largest absolute Gasteiger partial charge is 0.340 e. The molecule has 0 N–H and O–H groups in total. The molecule has 0 aliphatic heterocycles. The van der Waals surface area contributed by atoms with Gasteiger partial charge in [-0.15, -0.1) is 0 Å². The third-order valence-corrected chi connectivity index (χ3v) is 4.54. The Labute approximate surface area is 152 Å².